The highest BCUT2D eigenvalue weighted by atomic mass is 15.3. The number of pyridine rings is 1. The number of rotatable bonds is 5. The molecule has 3 rings (SSSR count). The van der Waals surface area contributed by atoms with E-state index in [4.69, 9.17) is 5.73 Å². The Morgan fingerprint density at radius 1 is 1.24 bits per heavy atom. The van der Waals surface area contributed by atoms with Gasteiger partial charge >= 0.3 is 0 Å². The van der Waals surface area contributed by atoms with Crippen LogP contribution in [0.4, 0.5) is 5.82 Å². The molecule has 3 N–H and O–H groups in total. The number of fused-ring (bicyclic) bond motifs is 1. The zero-order chi connectivity index (χ0) is 14.7. The van der Waals surface area contributed by atoms with Gasteiger partial charge < -0.3 is 11.1 Å². The molecule has 0 radical (unpaired) electrons. The third-order valence-electron chi connectivity index (χ3n) is 3.22. The minimum atomic E-state index is 0.668. The van der Waals surface area contributed by atoms with Gasteiger partial charge in [-0.25, -0.2) is 4.98 Å². The fourth-order valence-corrected chi connectivity index (χ4v) is 2.21. The monoisotopic (exact) mass is 282 g/mol. The van der Waals surface area contributed by atoms with Gasteiger partial charge in [0.1, 0.15) is 5.82 Å². The summed E-state index contributed by atoms with van der Waals surface area (Å²) in [5.41, 5.74) is 9.24. The second kappa shape index (κ2) is 5.88. The molecule has 3 aromatic rings. The third kappa shape index (κ3) is 2.85. The fraction of sp³-hybridized carbons (Fsp3) is 0.267. The Bertz CT molecular complexity index is 735. The molecule has 0 fully saturated rings. The lowest BCUT2D eigenvalue weighted by Crippen LogP contribution is -2.11. The van der Waals surface area contributed by atoms with E-state index in [-0.39, 0.29) is 0 Å². The van der Waals surface area contributed by atoms with Crippen LogP contribution in [0.25, 0.3) is 16.9 Å². The molecule has 0 aliphatic carbocycles. The standard InChI is InChI=1S/C15H18N6/c1-11-9-14(18-6-2-5-16)21-15(19-11)10-13(20-21)12-3-7-17-8-4-12/h3-4,7-10,18H,2,5-6,16H2,1H3. The number of nitrogens with two attached hydrogens (primary N) is 1. The normalized spacial score (nSPS) is 11.0. The Kier molecular flexibility index (Phi) is 3.79. The molecule has 0 bridgehead atoms. The van der Waals surface area contributed by atoms with Gasteiger partial charge in [-0.15, -0.1) is 0 Å². The molecule has 0 atom stereocenters. The van der Waals surface area contributed by atoms with Gasteiger partial charge in [0.25, 0.3) is 0 Å². The average Bonchev–Trinajstić information content (AvgIpc) is 2.92. The SMILES string of the molecule is Cc1cc(NCCCN)n2nc(-c3ccncc3)cc2n1. The van der Waals surface area contributed by atoms with Gasteiger partial charge in [0.15, 0.2) is 5.65 Å². The molecule has 6 heteroatoms. The van der Waals surface area contributed by atoms with Crippen molar-refractivity contribution in [3.63, 3.8) is 0 Å². The second-order valence-corrected chi connectivity index (χ2v) is 4.89. The molecule has 108 valence electrons. The molecule has 0 spiro atoms. The quantitative estimate of drug-likeness (QED) is 0.698. The van der Waals surface area contributed by atoms with Crippen LogP contribution >= 0.6 is 0 Å². The molecule has 21 heavy (non-hydrogen) atoms. The van der Waals surface area contributed by atoms with Gasteiger partial charge in [0.05, 0.1) is 5.69 Å². The van der Waals surface area contributed by atoms with E-state index in [0.717, 1.165) is 41.4 Å². The Balaban J connectivity index is 2.02. The van der Waals surface area contributed by atoms with Crippen molar-refractivity contribution in [3.8, 4) is 11.3 Å². The number of anilines is 1. The van der Waals surface area contributed by atoms with Crippen molar-refractivity contribution < 1.29 is 0 Å². The lowest BCUT2D eigenvalue weighted by molar-refractivity contribution is 0.851. The maximum Gasteiger partial charge on any atom is 0.158 e. The lowest BCUT2D eigenvalue weighted by atomic mass is 10.2. The predicted octanol–water partition coefficient (Wildman–Crippen LogP) is 1.86. The zero-order valence-electron chi connectivity index (χ0n) is 12.0. The molecule has 0 saturated heterocycles. The summed E-state index contributed by atoms with van der Waals surface area (Å²) in [5, 5.41) is 8.00. The van der Waals surface area contributed by atoms with Crippen LogP contribution in [0.5, 0.6) is 0 Å². The summed E-state index contributed by atoms with van der Waals surface area (Å²) in [5.74, 6) is 0.936. The van der Waals surface area contributed by atoms with Crippen LogP contribution in [0.2, 0.25) is 0 Å². The van der Waals surface area contributed by atoms with E-state index in [1.54, 1.807) is 12.4 Å². The molecule has 3 heterocycles. The van der Waals surface area contributed by atoms with Gasteiger partial charge in [-0.05, 0) is 32.0 Å². The van der Waals surface area contributed by atoms with E-state index >= 15 is 0 Å². The number of aromatic nitrogens is 4. The molecular weight excluding hydrogens is 264 g/mol. The van der Waals surface area contributed by atoms with Crippen LogP contribution in [0.3, 0.4) is 0 Å². The Hall–Kier alpha value is -2.47. The topological polar surface area (TPSA) is 81.1 Å². The van der Waals surface area contributed by atoms with E-state index in [1.807, 2.05) is 35.7 Å². The van der Waals surface area contributed by atoms with Gasteiger partial charge in [-0.3, -0.25) is 4.98 Å². The number of nitrogens with zero attached hydrogens (tertiary/aromatic N) is 4. The van der Waals surface area contributed by atoms with E-state index in [2.05, 4.69) is 20.4 Å². The Morgan fingerprint density at radius 2 is 2.05 bits per heavy atom. The predicted molar refractivity (Wildman–Crippen MR) is 83.1 cm³/mol. The highest BCUT2D eigenvalue weighted by Gasteiger charge is 2.09. The van der Waals surface area contributed by atoms with Crippen LogP contribution < -0.4 is 11.1 Å². The summed E-state index contributed by atoms with van der Waals surface area (Å²) < 4.78 is 1.83. The van der Waals surface area contributed by atoms with E-state index in [9.17, 15) is 0 Å². The van der Waals surface area contributed by atoms with Crippen LogP contribution in [0.1, 0.15) is 12.1 Å². The first kappa shape index (κ1) is 13.5. The number of aryl methyl sites for hydroxylation is 1. The molecule has 0 amide bonds. The highest BCUT2D eigenvalue weighted by Crippen LogP contribution is 2.21. The van der Waals surface area contributed by atoms with Crippen molar-refractivity contribution in [2.45, 2.75) is 13.3 Å². The van der Waals surface area contributed by atoms with E-state index in [1.165, 1.54) is 0 Å². The molecule has 0 aromatic carbocycles. The number of nitrogens with one attached hydrogen (secondary N) is 1. The minimum Gasteiger partial charge on any atom is -0.370 e. The summed E-state index contributed by atoms with van der Waals surface area (Å²) in [7, 11) is 0. The van der Waals surface area contributed by atoms with Crippen molar-refractivity contribution in [2.75, 3.05) is 18.4 Å². The van der Waals surface area contributed by atoms with Crippen LogP contribution in [0.15, 0.2) is 36.7 Å². The molecular formula is C15H18N6. The fourth-order valence-electron chi connectivity index (χ4n) is 2.21. The van der Waals surface area contributed by atoms with Gasteiger partial charge in [-0.1, -0.05) is 0 Å². The van der Waals surface area contributed by atoms with Gasteiger partial charge in [0, 0.05) is 42.3 Å². The average molecular weight is 282 g/mol. The molecule has 0 aliphatic heterocycles. The van der Waals surface area contributed by atoms with Crippen LogP contribution in [-0.2, 0) is 0 Å². The van der Waals surface area contributed by atoms with Crippen molar-refractivity contribution >= 4 is 11.5 Å². The second-order valence-electron chi connectivity index (χ2n) is 4.89. The van der Waals surface area contributed by atoms with Crippen molar-refractivity contribution in [2.24, 2.45) is 5.73 Å². The lowest BCUT2D eigenvalue weighted by Gasteiger charge is -2.08. The summed E-state index contributed by atoms with van der Waals surface area (Å²) >= 11 is 0. The maximum atomic E-state index is 5.53. The highest BCUT2D eigenvalue weighted by molar-refractivity contribution is 5.65. The molecule has 0 saturated carbocycles. The van der Waals surface area contributed by atoms with E-state index < -0.39 is 0 Å². The summed E-state index contributed by atoms with van der Waals surface area (Å²) in [4.78, 5) is 8.56. The van der Waals surface area contributed by atoms with Gasteiger partial charge in [-0.2, -0.15) is 9.61 Å². The molecule has 0 aliphatic rings. The minimum absolute atomic E-state index is 0.668. The first-order valence-electron chi connectivity index (χ1n) is 6.99. The first-order chi connectivity index (χ1) is 10.3. The van der Waals surface area contributed by atoms with Crippen molar-refractivity contribution in [3.05, 3.63) is 42.4 Å². The Labute approximate surface area is 123 Å². The van der Waals surface area contributed by atoms with Crippen LogP contribution in [-0.4, -0.2) is 32.7 Å². The molecule has 0 unspecified atom stereocenters. The largest absolute Gasteiger partial charge is 0.370 e. The number of hydrogen-bond acceptors (Lipinski definition) is 5. The van der Waals surface area contributed by atoms with Crippen molar-refractivity contribution in [1.29, 1.82) is 0 Å². The maximum absolute atomic E-state index is 5.53. The summed E-state index contributed by atoms with van der Waals surface area (Å²) in [6.07, 6.45) is 4.44. The summed E-state index contributed by atoms with van der Waals surface area (Å²) in [6, 6.07) is 7.86. The van der Waals surface area contributed by atoms with Crippen LogP contribution in [0, 0.1) is 6.92 Å². The molecule has 3 aromatic heterocycles. The summed E-state index contributed by atoms with van der Waals surface area (Å²) in [6.45, 7) is 3.47. The number of hydrogen-bond donors (Lipinski definition) is 2. The van der Waals surface area contributed by atoms with Crippen molar-refractivity contribution in [1.82, 2.24) is 19.6 Å². The smallest absolute Gasteiger partial charge is 0.158 e. The van der Waals surface area contributed by atoms with Gasteiger partial charge in [0.2, 0.25) is 0 Å². The van der Waals surface area contributed by atoms with E-state index in [0.29, 0.717) is 6.54 Å². The Morgan fingerprint density at radius 3 is 2.81 bits per heavy atom. The third-order valence-corrected chi connectivity index (χ3v) is 3.22. The zero-order valence-corrected chi connectivity index (χ0v) is 12.0. The first-order valence-corrected chi connectivity index (χ1v) is 6.99. The molecule has 6 nitrogen and oxygen atoms in total.